The first-order chi connectivity index (χ1) is 12.4. The summed E-state index contributed by atoms with van der Waals surface area (Å²) in [6.45, 7) is 1.89. The molecule has 4 rings (SSSR count). The maximum absolute atomic E-state index is 12.6. The van der Waals surface area contributed by atoms with Crippen molar-refractivity contribution in [2.75, 3.05) is 5.75 Å². The van der Waals surface area contributed by atoms with E-state index in [1.165, 1.54) is 11.1 Å². The quantitative estimate of drug-likeness (QED) is 0.511. The minimum Gasteiger partial charge on any atom is -0.293 e. The van der Waals surface area contributed by atoms with Gasteiger partial charge in [-0.2, -0.15) is 0 Å². The van der Waals surface area contributed by atoms with Crippen LogP contribution in [-0.4, -0.2) is 20.0 Å². The Morgan fingerprint density at radius 2 is 1.58 bits per heavy atom. The van der Waals surface area contributed by atoms with Crippen LogP contribution in [0.1, 0.15) is 27.0 Å². The summed E-state index contributed by atoms with van der Waals surface area (Å²) in [5.41, 5.74) is 6.05. The van der Waals surface area contributed by atoms with E-state index in [2.05, 4.69) is 12.1 Å². The molecule has 0 radical (unpaired) electrons. The lowest BCUT2D eigenvalue weighted by molar-refractivity contribution is 0.102. The van der Waals surface area contributed by atoms with Crippen molar-refractivity contribution in [3.63, 3.8) is 0 Å². The standard InChI is InChI=1S/C22H18O3S/c1-15-6-9-19(10-7-15)26(24,25)14-22(23)17-8-11-21-18(13-17)12-16-4-2-3-5-20(16)21/h2-11,13H,12,14H2,1H3. The normalized spacial score (nSPS) is 12.5. The highest BCUT2D eigenvalue weighted by molar-refractivity contribution is 7.92. The smallest absolute Gasteiger partial charge is 0.185 e. The van der Waals surface area contributed by atoms with E-state index in [0.717, 1.165) is 23.1 Å². The summed E-state index contributed by atoms with van der Waals surface area (Å²) >= 11 is 0. The van der Waals surface area contributed by atoms with Crippen LogP contribution in [0.3, 0.4) is 0 Å². The van der Waals surface area contributed by atoms with Crippen LogP contribution >= 0.6 is 0 Å². The first kappa shape index (κ1) is 16.7. The molecule has 26 heavy (non-hydrogen) atoms. The number of benzene rings is 3. The van der Waals surface area contributed by atoms with Gasteiger partial charge in [-0.1, -0.05) is 54.1 Å². The fourth-order valence-electron chi connectivity index (χ4n) is 3.40. The van der Waals surface area contributed by atoms with Gasteiger partial charge in [-0.3, -0.25) is 4.79 Å². The molecule has 0 atom stereocenters. The molecule has 3 nitrogen and oxygen atoms in total. The third kappa shape index (κ3) is 2.97. The second kappa shape index (κ2) is 6.22. The van der Waals surface area contributed by atoms with Gasteiger partial charge in [-0.05, 0) is 53.8 Å². The molecular formula is C22H18O3S. The minimum absolute atomic E-state index is 0.185. The van der Waals surface area contributed by atoms with Crippen LogP contribution in [0.2, 0.25) is 0 Å². The lowest BCUT2D eigenvalue weighted by atomic mass is 10.0. The molecule has 0 unspecified atom stereocenters. The number of hydrogen-bond acceptors (Lipinski definition) is 3. The Hall–Kier alpha value is -2.72. The van der Waals surface area contributed by atoms with Gasteiger partial charge in [0.2, 0.25) is 0 Å². The topological polar surface area (TPSA) is 51.2 Å². The third-order valence-corrected chi connectivity index (χ3v) is 6.45. The van der Waals surface area contributed by atoms with Crippen LogP contribution in [0, 0.1) is 6.92 Å². The molecule has 0 bridgehead atoms. The van der Waals surface area contributed by atoms with E-state index >= 15 is 0 Å². The molecule has 4 heteroatoms. The number of sulfone groups is 1. The summed E-state index contributed by atoms with van der Waals surface area (Å²) in [5, 5.41) is 0. The van der Waals surface area contributed by atoms with Gasteiger partial charge < -0.3 is 0 Å². The van der Waals surface area contributed by atoms with Gasteiger partial charge in [-0.25, -0.2) is 8.42 Å². The Kier molecular flexibility index (Phi) is 4.00. The zero-order valence-corrected chi connectivity index (χ0v) is 15.2. The fraction of sp³-hybridized carbons (Fsp3) is 0.136. The van der Waals surface area contributed by atoms with Crippen molar-refractivity contribution in [2.45, 2.75) is 18.2 Å². The summed E-state index contributed by atoms with van der Waals surface area (Å²) in [6, 6.07) is 20.2. The minimum atomic E-state index is -3.64. The van der Waals surface area contributed by atoms with Crippen molar-refractivity contribution in [1.29, 1.82) is 0 Å². The van der Waals surface area contributed by atoms with Gasteiger partial charge in [0, 0.05) is 5.56 Å². The molecule has 0 fully saturated rings. The molecule has 0 heterocycles. The highest BCUT2D eigenvalue weighted by Gasteiger charge is 2.23. The van der Waals surface area contributed by atoms with Gasteiger partial charge in [0.1, 0.15) is 5.75 Å². The maximum Gasteiger partial charge on any atom is 0.185 e. The average molecular weight is 362 g/mol. The zero-order chi connectivity index (χ0) is 18.3. The van der Waals surface area contributed by atoms with Crippen LogP contribution < -0.4 is 0 Å². The maximum atomic E-state index is 12.6. The summed E-state index contributed by atoms with van der Waals surface area (Å²) in [7, 11) is -3.64. The second-order valence-electron chi connectivity index (χ2n) is 6.70. The van der Waals surface area contributed by atoms with Gasteiger partial charge in [0.25, 0.3) is 0 Å². The van der Waals surface area contributed by atoms with Crippen molar-refractivity contribution < 1.29 is 13.2 Å². The van der Waals surface area contributed by atoms with Crippen LogP contribution in [0.4, 0.5) is 0 Å². The average Bonchev–Trinajstić information content (AvgIpc) is 2.99. The predicted octanol–water partition coefficient (Wildman–Crippen LogP) is 4.22. The molecule has 0 aromatic heterocycles. The molecule has 0 spiro atoms. The molecule has 0 aliphatic heterocycles. The second-order valence-corrected chi connectivity index (χ2v) is 8.69. The molecule has 130 valence electrons. The zero-order valence-electron chi connectivity index (χ0n) is 14.4. The third-order valence-electron chi connectivity index (χ3n) is 4.82. The van der Waals surface area contributed by atoms with E-state index in [0.29, 0.717) is 5.56 Å². The SMILES string of the molecule is Cc1ccc(S(=O)(=O)CC(=O)c2ccc3c(c2)Cc2ccccc2-3)cc1. The Morgan fingerprint density at radius 3 is 2.35 bits per heavy atom. The summed E-state index contributed by atoms with van der Waals surface area (Å²) in [5.74, 6) is -0.883. The van der Waals surface area contributed by atoms with Crippen molar-refractivity contribution >= 4 is 15.6 Å². The van der Waals surface area contributed by atoms with Crippen LogP contribution in [0.15, 0.2) is 71.6 Å². The molecule has 0 amide bonds. The van der Waals surface area contributed by atoms with Crippen LogP contribution in [-0.2, 0) is 16.3 Å². The first-order valence-corrected chi connectivity index (χ1v) is 10.1. The molecule has 1 aliphatic rings. The Balaban J connectivity index is 1.60. The van der Waals surface area contributed by atoms with Crippen molar-refractivity contribution in [3.05, 3.63) is 89.0 Å². The lowest BCUT2D eigenvalue weighted by Crippen LogP contribution is -2.16. The molecule has 1 aliphatic carbocycles. The van der Waals surface area contributed by atoms with E-state index in [9.17, 15) is 13.2 Å². The Bertz CT molecular complexity index is 1110. The number of hydrogen-bond donors (Lipinski definition) is 0. The largest absolute Gasteiger partial charge is 0.293 e. The van der Waals surface area contributed by atoms with E-state index in [1.54, 1.807) is 30.3 Å². The monoisotopic (exact) mass is 362 g/mol. The summed E-state index contributed by atoms with van der Waals surface area (Å²) in [4.78, 5) is 12.8. The first-order valence-electron chi connectivity index (χ1n) is 8.48. The Morgan fingerprint density at radius 1 is 0.885 bits per heavy atom. The fourth-order valence-corrected chi connectivity index (χ4v) is 4.63. The van der Waals surface area contributed by atoms with E-state index in [1.807, 2.05) is 31.2 Å². The number of Topliss-reactive ketones (excluding diaryl/α,β-unsaturated/α-hetero) is 1. The van der Waals surface area contributed by atoms with Gasteiger partial charge >= 0.3 is 0 Å². The molecule has 3 aromatic carbocycles. The number of aryl methyl sites for hydroxylation is 1. The van der Waals surface area contributed by atoms with Gasteiger partial charge in [0.15, 0.2) is 15.6 Å². The van der Waals surface area contributed by atoms with E-state index in [4.69, 9.17) is 0 Å². The van der Waals surface area contributed by atoms with Crippen LogP contribution in [0.5, 0.6) is 0 Å². The summed E-state index contributed by atoms with van der Waals surface area (Å²) < 4.78 is 25.0. The number of rotatable bonds is 4. The number of ketones is 1. The number of fused-ring (bicyclic) bond motifs is 3. The molecule has 0 N–H and O–H groups in total. The highest BCUT2D eigenvalue weighted by Crippen LogP contribution is 2.36. The molecule has 0 saturated heterocycles. The van der Waals surface area contributed by atoms with Crippen LogP contribution in [0.25, 0.3) is 11.1 Å². The van der Waals surface area contributed by atoms with Gasteiger partial charge in [0.05, 0.1) is 4.90 Å². The lowest BCUT2D eigenvalue weighted by Gasteiger charge is -2.07. The van der Waals surface area contributed by atoms with E-state index < -0.39 is 15.6 Å². The number of carbonyl (C=O) groups excluding carboxylic acids is 1. The molecule has 0 saturated carbocycles. The highest BCUT2D eigenvalue weighted by atomic mass is 32.2. The Labute approximate surface area is 153 Å². The number of carbonyl (C=O) groups is 1. The molecule has 3 aromatic rings. The predicted molar refractivity (Wildman–Crippen MR) is 102 cm³/mol. The molecular weight excluding hydrogens is 344 g/mol. The van der Waals surface area contributed by atoms with Crippen molar-refractivity contribution in [2.24, 2.45) is 0 Å². The van der Waals surface area contributed by atoms with Crippen molar-refractivity contribution in [3.8, 4) is 11.1 Å². The summed E-state index contributed by atoms with van der Waals surface area (Å²) in [6.07, 6.45) is 0.775. The van der Waals surface area contributed by atoms with E-state index in [-0.39, 0.29) is 10.7 Å². The van der Waals surface area contributed by atoms with Gasteiger partial charge in [-0.15, -0.1) is 0 Å². The van der Waals surface area contributed by atoms with Crippen molar-refractivity contribution in [1.82, 2.24) is 0 Å².